The van der Waals surface area contributed by atoms with E-state index in [-0.39, 0.29) is 12.2 Å². The van der Waals surface area contributed by atoms with Crippen molar-refractivity contribution < 1.29 is 4.79 Å². The average molecular weight is 295 g/mol. The Kier molecular flexibility index (Phi) is 6.06. The first-order chi connectivity index (χ1) is 10.1. The minimum absolute atomic E-state index is 0.0377. The Morgan fingerprint density at radius 2 is 1.90 bits per heavy atom. The lowest BCUT2D eigenvalue weighted by Crippen LogP contribution is -2.43. The van der Waals surface area contributed by atoms with Crippen LogP contribution < -0.4 is 5.32 Å². The molecule has 0 aliphatic carbocycles. The summed E-state index contributed by atoms with van der Waals surface area (Å²) >= 11 is 0. The minimum Gasteiger partial charge on any atom is -0.326 e. The summed E-state index contributed by atoms with van der Waals surface area (Å²) in [7, 11) is 0. The van der Waals surface area contributed by atoms with Crippen LogP contribution in [-0.2, 0) is 4.79 Å². The van der Waals surface area contributed by atoms with Crippen LogP contribution in [0.15, 0.2) is 0 Å². The Balaban J connectivity index is 1.93. The predicted molar refractivity (Wildman–Crippen MR) is 87.0 cm³/mol. The molecule has 0 aromatic rings. The number of nitrogens with zero attached hydrogens (tertiary/aromatic N) is 2. The molecule has 0 saturated carbocycles. The van der Waals surface area contributed by atoms with Gasteiger partial charge in [0.2, 0.25) is 5.91 Å². The number of rotatable bonds is 6. The smallest absolute Gasteiger partial charge is 0.241 e. The van der Waals surface area contributed by atoms with E-state index in [0.29, 0.717) is 17.7 Å². The molecule has 3 atom stereocenters. The largest absolute Gasteiger partial charge is 0.326 e. The van der Waals surface area contributed by atoms with Gasteiger partial charge in [0.15, 0.2) is 0 Å². The Labute approximate surface area is 130 Å². The lowest BCUT2D eigenvalue weighted by Gasteiger charge is -2.34. The zero-order valence-electron chi connectivity index (χ0n) is 14.3. The zero-order chi connectivity index (χ0) is 15.4. The van der Waals surface area contributed by atoms with Crippen molar-refractivity contribution in [1.82, 2.24) is 15.1 Å². The quantitative estimate of drug-likeness (QED) is 0.817. The average Bonchev–Trinajstić information content (AvgIpc) is 2.84. The minimum atomic E-state index is 0.0377. The fourth-order valence-electron chi connectivity index (χ4n) is 3.66. The van der Waals surface area contributed by atoms with E-state index in [4.69, 9.17) is 0 Å². The first-order valence-electron chi connectivity index (χ1n) is 8.89. The zero-order valence-corrected chi connectivity index (χ0v) is 14.3. The van der Waals surface area contributed by atoms with Gasteiger partial charge in [-0.2, -0.15) is 0 Å². The van der Waals surface area contributed by atoms with E-state index in [1.165, 1.54) is 25.9 Å². The van der Waals surface area contributed by atoms with Gasteiger partial charge in [0, 0.05) is 6.54 Å². The molecule has 0 bridgehead atoms. The van der Waals surface area contributed by atoms with Crippen LogP contribution in [-0.4, -0.2) is 54.1 Å². The Hall–Kier alpha value is -0.610. The number of nitrogens with one attached hydrogen (secondary N) is 1. The number of hydrogen-bond acceptors (Lipinski definition) is 3. The van der Waals surface area contributed by atoms with E-state index in [9.17, 15) is 4.79 Å². The fraction of sp³-hybridized carbons (Fsp3) is 0.941. The maximum Gasteiger partial charge on any atom is 0.241 e. The molecule has 0 aromatic carbocycles. The number of amides is 1. The van der Waals surface area contributed by atoms with Crippen LogP contribution >= 0.6 is 0 Å². The number of hydrogen-bond donors (Lipinski definition) is 1. The second-order valence-electron chi connectivity index (χ2n) is 6.82. The SMILES string of the molecule is CCC(C)C1NC(CC)N(CC2CCN(CC)CC2)C1=O. The molecule has 2 aliphatic heterocycles. The molecule has 4 nitrogen and oxygen atoms in total. The van der Waals surface area contributed by atoms with Gasteiger partial charge in [-0.25, -0.2) is 0 Å². The second kappa shape index (κ2) is 7.59. The van der Waals surface area contributed by atoms with Crippen molar-refractivity contribution >= 4 is 5.91 Å². The van der Waals surface area contributed by atoms with Crippen molar-refractivity contribution in [2.45, 2.75) is 65.6 Å². The van der Waals surface area contributed by atoms with Crippen molar-refractivity contribution in [3.05, 3.63) is 0 Å². The van der Waals surface area contributed by atoms with E-state index in [2.05, 4.69) is 42.8 Å². The van der Waals surface area contributed by atoms with Gasteiger partial charge in [0.1, 0.15) is 0 Å². The molecule has 0 radical (unpaired) electrons. The summed E-state index contributed by atoms with van der Waals surface area (Å²) in [5.41, 5.74) is 0. The fourth-order valence-corrected chi connectivity index (χ4v) is 3.66. The molecule has 2 aliphatic rings. The van der Waals surface area contributed by atoms with Gasteiger partial charge in [-0.15, -0.1) is 0 Å². The number of likely N-dealkylation sites (tertiary alicyclic amines) is 1. The molecular weight excluding hydrogens is 262 g/mol. The highest BCUT2D eigenvalue weighted by molar-refractivity contribution is 5.84. The Morgan fingerprint density at radius 1 is 1.24 bits per heavy atom. The molecule has 1 amide bonds. The Bertz CT molecular complexity index is 339. The molecule has 4 heteroatoms. The van der Waals surface area contributed by atoms with Crippen molar-refractivity contribution in [2.75, 3.05) is 26.2 Å². The van der Waals surface area contributed by atoms with Crippen LogP contribution in [0.5, 0.6) is 0 Å². The summed E-state index contributed by atoms with van der Waals surface area (Å²) in [5.74, 6) is 1.45. The van der Waals surface area contributed by atoms with Gasteiger partial charge in [-0.05, 0) is 50.7 Å². The molecule has 21 heavy (non-hydrogen) atoms. The molecule has 122 valence electrons. The first-order valence-corrected chi connectivity index (χ1v) is 8.89. The molecule has 3 unspecified atom stereocenters. The van der Waals surface area contributed by atoms with Gasteiger partial charge < -0.3 is 9.80 Å². The van der Waals surface area contributed by atoms with Crippen LogP contribution in [0.3, 0.4) is 0 Å². The highest BCUT2D eigenvalue weighted by Gasteiger charge is 2.40. The summed E-state index contributed by atoms with van der Waals surface area (Å²) in [6.45, 7) is 13.3. The van der Waals surface area contributed by atoms with Gasteiger partial charge >= 0.3 is 0 Å². The predicted octanol–water partition coefficient (Wildman–Crippen LogP) is 2.30. The van der Waals surface area contributed by atoms with E-state index in [0.717, 1.165) is 25.9 Å². The molecule has 0 aromatic heterocycles. The van der Waals surface area contributed by atoms with Crippen molar-refractivity contribution in [2.24, 2.45) is 11.8 Å². The molecule has 0 spiro atoms. The van der Waals surface area contributed by atoms with Crippen LogP contribution in [0, 0.1) is 11.8 Å². The summed E-state index contributed by atoms with van der Waals surface area (Å²) in [6.07, 6.45) is 4.79. The summed E-state index contributed by atoms with van der Waals surface area (Å²) in [4.78, 5) is 17.4. The standard InChI is InChI=1S/C17H33N3O/c1-5-13(4)16-17(21)20(15(6-2)18-16)12-14-8-10-19(7-3)11-9-14/h13-16,18H,5-12H2,1-4H3. The van der Waals surface area contributed by atoms with Gasteiger partial charge in [0.25, 0.3) is 0 Å². The Morgan fingerprint density at radius 3 is 2.43 bits per heavy atom. The van der Waals surface area contributed by atoms with Gasteiger partial charge in [0.05, 0.1) is 12.2 Å². The second-order valence-corrected chi connectivity index (χ2v) is 6.82. The van der Waals surface area contributed by atoms with Crippen molar-refractivity contribution in [1.29, 1.82) is 0 Å². The molecular formula is C17H33N3O. The van der Waals surface area contributed by atoms with E-state index >= 15 is 0 Å². The summed E-state index contributed by atoms with van der Waals surface area (Å²) in [6, 6.07) is 0.0377. The number of piperidine rings is 1. The van der Waals surface area contributed by atoms with Gasteiger partial charge in [-0.3, -0.25) is 10.1 Å². The highest BCUT2D eigenvalue weighted by Crippen LogP contribution is 2.25. The topological polar surface area (TPSA) is 35.6 Å². The molecule has 2 saturated heterocycles. The molecule has 1 N–H and O–H groups in total. The van der Waals surface area contributed by atoms with Crippen molar-refractivity contribution in [3.63, 3.8) is 0 Å². The molecule has 2 heterocycles. The van der Waals surface area contributed by atoms with Crippen LogP contribution in [0.25, 0.3) is 0 Å². The lowest BCUT2D eigenvalue weighted by molar-refractivity contribution is -0.131. The van der Waals surface area contributed by atoms with E-state index in [1.54, 1.807) is 0 Å². The highest BCUT2D eigenvalue weighted by atomic mass is 16.2. The molecule has 2 fully saturated rings. The van der Waals surface area contributed by atoms with Gasteiger partial charge in [-0.1, -0.05) is 34.1 Å². The third-order valence-corrected chi connectivity index (χ3v) is 5.51. The van der Waals surface area contributed by atoms with Crippen LogP contribution in [0.2, 0.25) is 0 Å². The monoisotopic (exact) mass is 295 g/mol. The third-order valence-electron chi connectivity index (χ3n) is 5.51. The van der Waals surface area contributed by atoms with E-state index < -0.39 is 0 Å². The number of carbonyl (C=O) groups is 1. The number of carbonyl (C=O) groups excluding carboxylic acids is 1. The third kappa shape index (κ3) is 3.78. The van der Waals surface area contributed by atoms with Crippen LogP contribution in [0.1, 0.15) is 53.4 Å². The summed E-state index contributed by atoms with van der Waals surface area (Å²) < 4.78 is 0. The molecule has 2 rings (SSSR count). The maximum atomic E-state index is 12.7. The van der Waals surface area contributed by atoms with Crippen molar-refractivity contribution in [3.8, 4) is 0 Å². The lowest BCUT2D eigenvalue weighted by atomic mass is 9.95. The summed E-state index contributed by atoms with van der Waals surface area (Å²) in [5, 5.41) is 3.57. The van der Waals surface area contributed by atoms with E-state index in [1.807, 2.05) is 0 Å². The van der Waals surface area contributed by atoms with Crippen LogP contribution in [0.4, 0.5) is 0 Å². The normalized spacial score (nSPS) is 30.1. The maximum absolute atomic E-state index is 12.7. The first kappa shape index (κ1) is 16.8.